The van der Waals surface area contributed by atoms with Crippen molar-refractivity contribution < 1.29 is 0 Å². The molecule has 14 heavy (non-hydrogen) atoms. The largest absolute Gasteiger partial charge is 0.355 e. The topological polar surface area (TPSA) is 30.2 Å². The van der Waals surface area contributed by atoms with Gasteiger partial charge in [-0.2, -0.15) is 0 Å². The number of hydrogen-bond donors (Lipinski definition) is 0. The van der Waals surface area contributed by atoms with Gasteiger partial charge in [0.25, 0.3) is 0 Å². The average molecular weight is 190 g/mol. The summed E-state index contributed by atoms with van der Waals surface area (Å²) in [6, 6.07) is 3.96. The number of pyridine rings is 1. The third-order valence-electron chi connectivity index (χ3n) is 2.66. The maximum atomic E-state index is 4.41. The van der Waals surface area contributed by atoms with Crippen molar-refractivity contribution in [3.63, 3.8) is 0 Å². The highest BCUT2D eigenvalue weighted by atomic mass is 15.2. The van der Waals surface area contributed by atoms with Crippen molar-refractivity contribution in [2.45, 2.75) is 19.3 Å². The zero-order chi connectivity index (χ0) is 9.80. The predicted octanol–water partition coefficient (Wildman–Crippen LogP) is 1.94. The lowest BCUT2D eigenvalue weighted by atomic mass is 10.1. The minimum absolute atomic E-state index is 1.01. The molecule has 3 nitrogen and oxygen atoms in total. The molecule has 0 amide bonds. The molecule has 3 heteroatoms. The maximum Gasteiger partial charge on any atom is 0.154 e. The van der Waals surface area contributed by atoms with Crippen LogP contribution in [0.3, 0.4) is 0 Å². The van der Waals surface area contributed by atoms with E-state index in [0.29, 0.717) is 0 Å². The van der Waals surface area contributed by atoms with E-state index >= 15 is 0 Å². The fraction of sp³-hybridized carbons (Fsp3) is 0.545. The molecule has 1 fully saturated rings. The summed E-state index contributed by atoms with van der Waals surface area (Å²) < 4.78 is 0. The summed E-state index contributed by atoms with van der Waals surface area (Å²) >= 11 is 0. The Morgan fingerprint density at radius 3 is 2.79 bits per heavy atom. The van der Waals surface area contributed by atoms with E-state index in [9.17, 15) is 0 Å². The monoisotopic (exact) mass is 190 g/mol. The second-order valence-corrected chi connectivity index (χ2v) is 3.62. The molecule has 2 heterocycles. The van der Waals surface area contributed by atoms with E-state index in [4.69, 9.17) is 0 Å². The Balaban J connectivity index is 2.20. The van der Waals surface area contributed by atoms with Crippen LogP contribution in [0.1, 0.15) is 19.3 Å². The SMILES string of the molecule is C[N]c1cccnc1N1CCCCC1. The van der Waals surface area contributed by atoms with Crippen LogP contribution >= 0.6 is 0 Å². The number of hydrogen-bond acceptors (Lipinski definition) is 2. The van der Waals surface area contributed by atoms with Crippen molar-refractivity contribution in [1.29, 1.82) is 0 Å². The van der Waals surface area contributed by atoms with Crippen LogP contribution in [0, 0.1) is 0 Å². The van der Waals surface area contributed by atoms with E-state index in [-0.39, 0.29) is 0 Å². The lowest BCUT2D eigenvalue weighted by Crippen LogP contribution is -2.30. The molecule has 75 valence electrons. The van der Waals surface area contributed by atoms with Crippen molar-refractivity contribution in [2.24, 2.45) is 0 Å². The fourth-order valence-corrected chi connectivity index (χ4v) is 1.91. The first-order valence-corrected chi connectivity index (χ1v) is 5.21. The minimum atomic E-state index is 1.01. The molecule has 1 saturated heterocycles. The molecule has 0 unspecified atom stereocenters. The lowest BCUT2D eigenvalue weighted by molar-refractivity contribution is 0.573. The number of rotatable bonds is 2. The predicted molar refractivity (Wildman–Crippen MR) is 58.0 cm³/mol. The van der Waals surface area contributed by atoms with Crippen molar-refractivity contribution in [3.05, 3.63) is 18.3 Å². The summed E-state index contributed by atoms with van der Waals surface area (Å²) in [6.07, 6.45) is 5.75. The molecule has 0 aliphatic carbocycles. The van der Waals surface area contributed by atoms with E-state index in [1.807, 2.05) is 25.4 Å². The summed E-state index contributed by atoms with van der Waals surface area (Å²) in [5, 5.41) is 4.24. The number of piperidine rings is 1. The smallest absolute Gasteiger partial charge is 0.154 e. The Morgan fingerprint density at radius 1 is 1.29 bits per heavy atom. The van der Waals surface area contributed by atoms with Crippen molar-refractivity contribution in [1.82, 2.24) is 10.3 Å². The van der Waals surface area contributed by atoms with Gasteiger partial charge in [-0.1, -0.05) is 0 Å². The third-order valence-corrected chi connectivity index (χ3v) is 2.66. The molecule has 0 bridgehead atoms. The molecule has 1 radical (unpaired) electrons. The molecular formula is C11H16N3. The van der Waals surface area contributed by atoms with Gasteiger partial charge in [0.1, 0.15) is 0 Å². The van der Waals surface area contributed by atoms with Crippen molar-refractivity contribution in [2.75, 3.05) is 25.0 Å². The first kappa shape index (κ1) is 9.31. The molecule has 0 aromatic carbocycles. The Labute approximate surface area is 85.1 Å². The van der Waals surface area contributed by atoms with Crippen molar-refractivity contribution in [3.8, 4) is 0 Å². The van der Waals surface area contributed by atoms with Gasteiger partial charge >= 0.3 is 0 Å². The molecule has 0 N–H and O–H groups in total. The van der Waals surface area contributed by atoms with Gasteiger partial charge in [-0.25, -0.2) is 4.98 Å². The van der Waals surface area contributed by atoms with Gasteiger partial charge in [-0.15, -0.1) is 0 Å². The minimum Gasteiger partial charge on any atom is -0.355 e. The van der Waals surface area contributed by atoms with Gasteiger partial charge in [0.05, 0.1) is 5.69 Å². The highest BCUT2D eigenvalue weighted by Crippen LogP contribution is 2.24. The first-order chi connectivity index (χ1) is 6.92. The van der Waals surface area contributed by atoms with Crippen LogP contribution in [0.5, 0.6) is 0 Å². The zero-order valence-electron chi connectivity index (χ0n) is 8.61. The highest BCUT2D eigenvalue weighted by Gasteiger charge is 2.14. The molecule has 1 aliphatic rings. The molecule has 0 saturated carbocycles. The third kappa shape index (κ3) is 1.81. The van der Waals surface area contributed by atoms with Crippen LogP contribution in [0.2, 0.25) is 0 Å². The van der Waals surface area contributed by atoms with Crippen LogP contribution < -0.4 is 10.2 Å². The van der Waals surface area contributed by atoms with E-state index < -0.39 is 0 Å². The van der Waals surface area contributed by atoms with Gasteiger partial charge in [0.15, 0.2) is 5.82 Å². The fourth-order valence-electron chi connectivity index (χ4n) is 1.91. The lowest BCUT2D eigenvalue weighted by Gasteiger charge is -2.28. The molecule has 0 atom stereocenters. The van der Waals surface area contributed by atoms with E-state index in [1.165, 1.54) is 19.3 Å². The van der Waals surface area contributed by atoms with E-state index in [0.717, 1.165) is 24.6 Å². The Kier molecular flexibility index (Phi) is 2.87. The van der Waals surface area contributed by atoms with Gasteiger partial charge in [-0.05, 0) is 31.4 Å². The Bertz CT molecular complexity index is 292. The van der Waals surface area contributed by atoms with Gasteiger partial charge in [0, 0.05) is 26.3 Å². The normalized spacial score (nSPS) is 16.8. The second-order valence-electron chi connectivity index (χ2n) is 3.62. The number of aromatic nitrogens is 1. The van der Waals surface area contributed by atoms with Gasteiger partial charge in [-0.3, -0.25) is 5.32 Å². The number of anilines is 1. The van der Waals surface area contributed by atoms with Crippen LogP contribution in [0.4, 0.5) is 11.5 Å². The standard InChI is InChI=1S/C11H16N3/c1-12-10-6-5-7-13-11(10)14-8-3-2-4-9-14/h5-7H,2-4,8-9H2,1H3. The van der Waals surface area contributed by atoms with Gasteiger partial charge < -0.3 is 4.90 Å². The molecule has 1 aliphatic heterocycles. The quantitative estimate of drug-likeness (QED) is 0.713. The Morgan fingerprint density at radius 2 is 2.07 bits per heavy atom. The summed E-state index contributed by atoms with van der Waals surface area (Å²) in [4.78, 5) is 6.74. The summed E-state index contributed by atoms with van der Waals surface area (Å²) in [5.74, 6) is 1.05. The summed E-state index contributed by atoms with van der Waals surface area (Å²) in [7, 11) is 1.82. The van der Waals surface area contributed by atoms with Crippen LogP contribution in [-0.4, -0.2) is 25.1 Å². The number of nitrogens with zero attached hydrogens (tertiary/aromatic N) is 3. The highest BCUT2D eigenvalue weighted by molar-refractivity contribution is 5.60. The van der Waals surface area contributed by atoms with Crippen LogP contribution in [-0.2, 0) is 0 Å². The maximum absolute atomic E-state index is 4.41. The second kappa shape index (κ2) is 4.31. The molecule has 0 spiro atoms. The van der Waals surface area contributed by atoms with Crippen LogP contribution in [0.15, 0.2) is 18.3 Å². The molecule has 1 aromatic heterocycles. The Hall–Kier alpha value is -1.25. The zero-order valence-corrected chi connectivity index (χ0v) is 8.61. The molecule has 1 aromatic rings. The molecule has 2 rings (SSSR count). The van der Waals surface area contributed by atoms with E-state index in [1.54, 1.807) is 0 Å². The van der Waals surface area contributed by atoms with Crippen molar-refractivity contribution >= 4 is 11.5 Å². The van der Waals surface area contributed by atoms with Crippen LogP contribution in [0.25, 0.3) is 0 Å². The summed E-state index contributed by atoms with van der Waals surface area (Å²) in [6.45, 7) is 2.25. The summed E-state index contributed by atoms with van der Waals surface area (Å²) in [5.41, 5.74) is 1.01. The van der Waals surface area contributed by atoms with Gasteiger partial charge in [0.2, 0.25) is 0 Å². The molecular weight excluding hydrogens is 174 g/mol. The first-order valence-electron chi connectivity index (χ1n) is 5.21. The van der Waals surface area contributed by atoms with E-state index in [2.05, 4.69) is 15.2 Å². The average Bonchev–Trinajstić information content (AvgIpc) is 2.30.